The highest BCUT2D eigenvalue weighted by molar-refractivity contribution is 7.89. The van der Waals surface area contributed by atoms with Crippen molar-refractivity contribution < 1.29 is 18.0 Å². The van der Waals surface area contributed by atoms with Crippen LogP contribution in [0.2, 0.25) is 0 Å². The van der Waals surface area contributed by atoms with Crippen LogP contribution in [0.15, 0.2) is 23.1 Å². The largest absolute Gasteiger partial charge is 0.341 e. The normalized spacial score (nSPS) is 17.9. The first kappa shape index (κ1) is 22.7. The summed E-state index contributed by atoms with van der Waals surface area (Å²) in [6.45, 7) is 7.74. The number of carbonyl (C=O) groups excluding carboxylic acids is 2. The van der Waals surface area contributed by atoms with Gasteiger partial charge in [0, 0.05) is 31.7 Å². The lowest BCUT2D eigenvalue weighted by Gasteiger charge is -2.31. The fraction of sp³-hybridized carbons (Fsp3) is 0.636. The monoisotopic (exact) mass is 435 g/mol. The number of nitrogens with one attached hydrogen (secondary N) is 1. The van der Waals surface area contributed by atoms with Crippen molar-refractivity contribution in [3.05, 3.63) is 23.8 Å². The van der Waals surface area contributed by atoms with E-state index < -0.39 is 16.1 Å². The lowest BCUT2D eigenvalue weighted by Crippen LogP contribution is -2.50. The Morgan fingerprint density at radius 1 is 1.10 bits per heavy atom. The van der Waals surface area contributed by atoms with Crippen LogP contribution in [0, 0.1) is 5.92 Å². The molecule has 8 heteroatoms. The maximum atomic E-state index is 13.1. The van der Waals surface area contributed by atoms with Crippen molar-refractivity contribution in [1.29, 1.82) is 0 Å². The average Bonchev–Trinajstić information content (AvgIpc) is 3.15. The molecule has 2 aliphatic heterocycles. The number of rotatable bonds is 7. The number of anilines is 1. The smallest absolute Gasteiger partial charge is 0.241 e. The van der Waals surface area contributed by atoms with Gasteiger partial charge in [0.15, 0.2) is 0 Å². The summed E-state index contributed by atoms with van der Waals surface area (Å²) in [5, 5.41) is 0. The Hall–Kier alpha value is -1.93. The molecule has 0 unspecified atom stereocenters. The molecular formula is C22H33N3O4S. The van der Waals surface area contributed by atoms with Gasteiger partial charge in [0.1, 0.15) is 6.04 Å². The summed E-state index contributed by atoms with van der Waals surface area (Å²) < 4.78 is 28.9. The van der Waals surface area contributed by atoms with E-state index in [4.69, 9.17) is 0 Å². The summed E-state index contributed by atoms with van der Waals surface area (Å²) in [6, 6.07) is 4.10. The molecule has 0 spiro atoms. The van der Waals surface area contributed by atoms with Crippen LogP contribution < -0.4 is 9.62 Å². The van der Waals surface area contributed by atoms with Crippen LogP contribution in [0.1, 0.15) is 58.4 Å². The van der Waals surface area contributed by atoms with E-state index in [0.29, 0.717) is 38.9 Å². The van der Waals surface area contributed by atoms with E-state index in [9.17, 15) is 18.0 Å². The molecule has 2 amide bonds. The number of nitrogens with zero attached hydrogens (tertiary/aromatic N) is 2. The quantitative estimate of drug-likeness (QED) is 0.713. The Kier molecular flexibility index (Phi) is 7.18. The standard InChI is InChI=1S/C22H33N3O4S/c1-4-21(26)25-13-10-17-15-18(8-9-20(17)25)30(28,29)23-19(14-16(2)3)22(27)24-11-6-5-7-12-24/h8-9,15-16,19,23H,4-7,10-14H2,1-3H3/t19-/m0/s1. The predicted molar refractivity (Wildman–Crippen MR) is 117 cm³/mol. The Labute approximate surface area is 179 Å². The maximum Gasteiger partial charge on any atom is 0.241 e. The number of hydrogen-bond acceptors (Lipinski definition) is 4. The Morgan fingerprint density at radius 2 is 1.80 bits per heavy atom. The van der Waals surface area contributed by atoms with Gasteiger partial charge in [0.2, 0.25) is 21.8 Å². The van der Waals surface area contributed by atoms with Crippen LogP contribution in [0.5, 0.6) is 0 Å². The van der Waals surface area contributed by atoms with Gasteiger partial charge >= 0.3 is 0 Å². The molecular weight excluding hydrogens is 402 g/mol. The first-order valence-electron chi connectivity index (χ1n) is 11.0. The maximum absolute atomic E-state index is 13.1. The van der Waals surface area contributed by atoms with Crippen LogP contribution in [-0.2, 0) is 26.0 Å². The van der Waals surface area contributed by atoms with Gasteiger partial charge in [0.05, 0.1) is 4.90 Å². The van der Waals surface area contributed by atoms with E-state index >= 15 is 0 Å². The molecule has 1 saturated heterocycles. The highest BCUT2D eigenvalue weighted by Gasteiger charge is 2.32. The Balaban J connectivity index is 1.81. The van der Waals surface area contributed by atoms with Crippen LogP contribution >= 0.6 is 0 Å². The summed E-state index contributed by atoms with van der Waals surface area (Å²) in [4.78, 5) is 28.8. The zero-order chi connectivity index (χ0) is 21.9. The number of fused-ring (bicyclic) bond motifs is 1. The number of piperidine rings is 1. The molecule has 0 saturated carbocycles. The highest BCUT2D eigenvalue weighted by atomic mass is 32.2. The second-order valence-electron chi connectivity index (χ2n) is 8.63. The fourth-order valence-electron chi connectivity index (χ4n) is 4.26. The summed E-state index contributed by atoms with van der Waals surface area (Å²) in [6.07, 6.45) is 4.54. The zero-order valence-electron chi connectivity index (χ0n) is 18.2. The fourth-order valence-corrected chi connectivity index (χ4v) is 5.51. The number of hydrogen-bond donors (Lipinski definition) is 1. The predicted octanol–water partition coefficient (Wildman–Crippen LogP) is 2.69. The van der Waals surface area contributed by atoms with E-state index in [2.05, 4.69) is 4.72 Å². The molecule has 3 rings (SSSR count). The molecule has 0 aliphatic carbocycles. The van der Waals surface area contributed by atoms with Gasteiger partial charge in [-0.1, -0.05) is 20.8 Å². The first-order chi connectivity index (χ1) is 14.2. The van der Waals surface area contributed by atoms with Gasteiger partial charge in [-0.05, 0) is 61.8 Å². The number of benzene rings is 1. The molecule has 2 heterocycles. The van der Waals surface area contributed by atoms with Crippen LogP contribution in [0.3, 0.4) is 0 Å². The molecule has 0 aromatic heterocycles. The summed E-state index contributed by atoms with van der Waals surface area (Å²) in [7, 11) is -3.85. The zero-order valence-corrected chi connectivity index (χ0v) is 19.0. The van der Waals surface area contributed by atoms with Crippen molar-refractivity contribution in [2.24, 2.45) is 5.92 Å². The topological polar surface area (TPSA) is 86.8 Å². The second kappa shape index (κ2) is 9.47. The van der Waals surface area contributed by atoms with Crippen molar-refractivity contribution in [3.63, 3.8) is 0 Å². The molecule has 0 radical (unpaired) electrons. The second-order valence-corrected chi connectivity index (χ2v) is 10.3. The molecule has 30 heavy (non-hydrogen) atoms. The molecule has 0 bridgehead atoms. The Morgan fingerprint density at radius 3 is 2.43 bits per heavy atom. The third kappa shape index (κ3) is 5.03. The summed E-state index contributed by atoms with van der Waals surface area (Å²) >= 11 is 0. The van der Waals surface area contributed by atoms with Crippen molar-refractivity contribution in [1.82, 2.24) is 9.62 Å². The van der Waals surface area contributed by atoms with Gasteiger partial charge in [-0.3, -0.25) is 9.59 Å². The molecule has 1 aromatic carbocycles. The minimum Gasteiger partial charge on any atom is -0.341 e. The van der Waals surface area contributed by atoms with Crippen molar-refractivity contribution in [3.8, 4) is 0 Å². The molecule has 7 nitrogen and oxygen atoms in total. The van der Waals surface area contributed by atoms with Gasteiger partial charge in [0.25, 0.3) is 0 Å². The van der Waals surface area contributed by atoms with E-state index in [1.54, 1.807) is 21.9 Å². The summed E-state index contributed by atoms with van der Waals surface area (Å²) in [5.41, 5.74) is 1.63. The average molecular weight is 436 g/mol. The molecule has 166 valence electrons. The summed E-state index contributed by atoms with van der Waals surface area (Å²) in [5.74, 6) is 0.0829. The molecule has 1 atom stereocenters. The number of carbonyl (C=O) groups is 2. The lowest BCUT2D eigenvalue weighted by molar-refractivity contribution is -0.134. The third-order valence-corrected chi connectivity index (χ3v) is 7.30. The van der Waals surface area contributed by atoms with Crippen molar-refractivity contribution >= 4 is 27.5 Å². The van der Waals surface area contributed by atoms with Gasteiger partial charge in [-0.15, -0.1) is 0 Å². The number of sulfonamides is 1. The molecule has 2 aliphatic rings. The number of amides is 2. The molecule has 1 aromatic rings. The van der Waals surface area contributed by atoms with E-state index in [1.807, 2.05) is 20.8 Å². The van der Waals surface area contributed by atoms with Gasteiger partial charge in [-0.25, -0.2) is 8.42 Å². The minimum absolute atomic E-state index is 0.0339. The third-order valence-electron chi connectivity index (χ3n) is 5.83. The lowest BCUT2D eigenvalue weighted by atomic mass is 10.0. The van der Waals surface area contributed by atoms with Gasteiger partial charge < -0.3 is 9.80 Å². The SMILES string of the molecule is CCC(=O)N1CCc2cc(S(=O)(=O)N[C@@H](CC(C)C)C(=O)N3CCCCC3)ccc21. The van der Waals surface area contributed by atoms with Crippen LogP contribution in [0.25, 0.3) is 0 Å². The van der Waals surface area contributed by atoms with E-state index in [1.165, 1.54) is 6.07 Å². The van der Waals surface area contributed by atoms with Crippen molar-refractivity contribution in [2.75, 3.05) is 24.5 Å². The first-order valence-corrected chi connectivity index (χ1v) is 12.5. The van der Waals surface area contributed by atoms with Crippen LogP contribution in [-0.4, -0.2) is 50.8 Å². The van der Waals surface area contributed by atoms with Crippen LogP contribution in [0.4, 0.5) is 5.69 Å². The molecule has 1 N–H and O–H groups in total. The van der Waals surface area contributed by atoms with Gasteiger partial charge in [-0.2, -0.15) is 4.72 Å². The minimum atomic E-state index is -3.85. The van der Waals surface area contributed by atoms with Crippen molar-refractivity contribution in [2.45, 2.75) is 70.2 Å². The Bertz CT molecular complexity index is 892. The number of likely N-dealkylation sites (tertiary alicyclic amines) is 1. The van der Waals surface area contributed by atoms with E-state index in [0.717, 1.165) is 30.5 Å². The highest BCUT2D eigenvalue weighted by Crippen LogP contribution is 2.31. The van der Waals surface area contributed by atoms with E-state index in [-0.39, 0.29) is 22.6 Å². The molecule has 1 fully saturated rings.